The van der Waals surface area contributed by atoms with E-state index in [1.807, 2.05) is 60.0 Å². The maximum absolute atomic E-state index is 12.6. The Morgan fingerprint density at radius 1 is 1.11 bits per heavy atom. The van der Waals surface area contributed by atoms with Crippen molar-refractivity contribution in [2.75, 3.05) is 24.3 Å². The van der Waals surface area contributed by atoms with E-state index in [0.29, 0.717) is 30.2 Å². The number of anilines is 2. The van der Waals surface area contributed by atoms with Gasteiger partial charge in [0.15, 0.2) is 9.03 Å². The Bertz CT molecular complexity index is 923. The summed E-state index contributed by atoms with van der Waals surface area (Å²) < 4.78 is 10.7. The summed E-state index contributed by atoms with van der Waals surface area (Å²) >= 11 is 1.65. The smallest absolute Gasteiger partial charge is 0.255 e. The van der Waals surface area contributed by atoms with Gasteiger partial charge in [0.2, 0.25) is 0 Å². The second-order valence-electron chi connectivity index (χ2n) is 6.26. The number of carbonyl (C=O) groups excluding carboxylic acids is 1. The molecule has 1 fully saturated rings. The van der Waals surface area contributed by atoms with Crippen LogP contribution in [-0.2, 0) is 9.05 Å². The van der Waals surface area contributed by atoms with Crippen molar-refractivity contribution in [2.24, 2.45) is 0 Å². The predicted molar refractivity (Wildman–Crippen MR) is 112 cm³/mol. The van der Waals surface area contributed by atoms with E-state index in [0.717, 1.165) is 16.0 Å². The van der Waals surface area contributed by atoms with Crippen molar-refractivity contribution in [3.05, 3.63) is 71.1 Å². The lowest BCUT2D eigenvalue weighted by molar-refractivity contribution is 0.102. The van der Waals surface area contributed by atoms with Crippen molar-refractivity contribution in [1.82, 2.24) is 0 Å². The van der Waals surface area contributed by atoms with Gasteiger partial charge in [0, 0.05) is 16.4 Å². The molecule has 1 aromatic heterocycles. The maximum Gasteiger partial charge on any atom is 0.255 e. The molecule has 0 bridgehead atoms. The Balaban J connectivity index is 1.49. The highest BCUT2D eigenvalue weighted by atomic mass is 32.1. The van der Waals surface area contributed by atoms with Crippen LogP contribution >= 0.6 is 20.4 Å². The molecule has 1 aliphatic heterocycles. The molecule has 0 spiro atoms. The van der Waals surface area contributed by atoms with E-state index in [1.54, 1.807) is 11.3 Å². The summed E-state index contributed by atoms with van der Waals surface area (Å²) in [6.07, 6.45) is 0. The number of amides is 1. The third-order valence-electron chi connectivity index (χ3n) is 4.44. The molecule has 27 heavy (non-hydrogen) atoms. The van der Waals surface area contributed by atoms with Gasteiger partial charge in [-0.3, -0.25) is 4.79 Å². The third kappa shape index (κ3) is 4.20. The lowest BCUT2D eigenvalue weighted by atomic mass is 9.99. The first-order valence-corrected chi connectivity index (χ1v) is 10.2. The zero-order chi connectivity index (χ0) is 18.6. The number of nitrogens with two attached hydrogens (primary N) is 1. The SMILES string of the molecule is Nc1ccc(-c2cccs2)cc1NC(=O)c1ccc(C2COPOC2)cc1. The van der Waals surface area contributed by atoms with Crippen LogP contribution in [0.15, 0.2) is 60.0 Å². The normalized spacial score (nSPS) is 17.7. The molecule has 3 N–H and O–H groups in total. The number of nitrogens with one attached hydrogen (secondary N) is 1. The molecule has 0 unspecified atom stereocenters. The molecule has 2 heterocycles. The minimum Gasteiger partial charge on any atom is -0.397 e. The van der Waals surface area contributed by atoms with E-state index in [9.17, 15) is 4.79 Å². The quantitative estimate of drug-likeness (QED) is 0.485. The number of thiophene rings is 1. The topological polar surface area (TPSA) is 73.6 Å². The lowest BCUT2D eigenvalue weighted by Crippen LogP contribution is -2.16. The van der Waals surface area contributed by atoms with Crippen molar-refractivity contribution in [3.8, 4) is 10.4 Å². The van der Waals surface area contributed by atoms with Gasteiger partial charge >= 0.3 is 0 Å². The van der Waals surface area contributed by atoms with Crippen molar-refractivity contribution < 1.29 is 13.8 Å². The standard InChI is InChI=1S/C20H19N2O3PS/c21-17-8-7-15(19-2-1-9-27-19)10-18(17)22-20(23)14-5-3-13(4-6-14)16-11-24-26-25-12-16/h1-10,16,26H,11-12,21H2,(H,22,23). The molecule has 1 aliphatic rings. The van der Waals surface area contributed by atoms with E-state index in [4.69, 9.17) is 14.8 Å². The second kappa shape index (κ2) is 8.19. The van der Waals surface area contributed by atoms with Crippen LogP contribution in [0.1, 0.15) is 21.8 Å². The van der Waals surface area contributed by atoms with Gasteiger partial charge in [-0.05, 0) is 46.8 Å². The molecule has 0 aliphatic carbocycles. The van der Waals surface area contributed by atoms with E-state index in [-0.39, 0.29) is 20.9 Å². The average molecular weight is 398 g/mol. The minimum atomic E-state index is -0.186. The summed E-state index contributed by atoms with van der Waals surface area (Å²) in [6.45, 7) is 1.30. The summed E-state index contributed by atoms with van der Waals surface area (Å²) in [5, 5.41) is 4.94. The van der Waals surface area contributed by atoms with E-state index in [1.165, 1.54) is 0 Å². The average Bonchev–Trinajstić information content (AvgIpc) is 3.25. The van der Waals surface area contributed by atoms with Crippen LogP contribution in [0.5, 0.6) is 0 Å². The molecule has 138 valence electrons. The molecule has 7 heteroatoms. The number of hydrogen-bond acceptors (Lipinski definition) is 5. The fraction of sp³-hybridized carbons (Fsp3) is 0.150. The molecule has 3 aromatic rings. The van der Waals surface area contributed by atoms with Gasteiger partial charge in [-0.1, -0.05) is 24.3 Å². The first kappa shape index (κ1) is 18.1. The second-order valence-corrected chi connectivity index (χ2v) is 7.95. The van der Waals surface area contributed by atoms with Gasteiger partial charge < -0.3 is 20.1 Å². The molecule has 0 saturated carbocycles. The largest absolute Gasteiger partial charge is 0.397 e. The fourth-order valence-electron chi connectivity index (χ4n) is 2.91. The van der Waals surface area contributed by atoms with Crippen LogP contribution in [0.2, 0.25) is 0 Å². The highest BCUT2D eigenvalue weighted by molar-refractivity contribution is 7.26. The molecule has 5 nitrogen and oxygen atoms in total. The maximum atomic E-state index is 12.6. The molecular weight excluding hydrogens is 379 g/mol. The predicted octanol–water partition coefficient (Wildman–Crippen LogP) is 4.89. The number of rotatable bonds is 4. The van der Waals surface area contributed by atoms with Crippen LogP contribution < -0.4 is 11.1 Å². The van der Waals surface area contributed by atoms with Crippen molar-refractivity contribution >= 4 is 37.7 Å². The molecule has 0 atom stereocenters. The molecule has 1 amide bonds. The van der Waals surface area contributed by atoms with E-state index >= 15 is 0 Å². The molecule has 1 saturated heterocycles. The lowest BCUT2D eigenvalue weighted by Gasteiger charge is -2.22. The molecule has 2 aromatic carbocycles. The molecular formula is C20H19N2O3PS. The van der Waals surface area contributed by atoms with E-state index in [2.05, 4.69) is 5.32 Å². The highest BCUT2D eigenvalue weighted by Gasteiger charge is 2.17. The number of benzene rings is 2. The van der Waals surface area contributed by atoms with Crippen molar-refractivity contribution in [3.63, 3.8) is 0 Å². The number of carbonyl (C=O) groups is 1. The molecule has 0 radical (unpaired) electrons. The van der Waals surface area contributed by atoms with Gasteiger partial charge in [0.25, 0.3) is 5.91 Å². The monoisotopic (exact) mass is 398 g/mol. The Kier molecular flexibility index (Phi) is 5.50. The van der Waals surface area contributed by atoms with E-state index < -0.39 is 0 Å². The Hall–Kier alpha value is -2.24. The first-order valence-electron chi connectivity index (χ1n) is 8.54. The van der Waals surface area contributed by atoms with Gasteiger partial charge in [-0.15, -0.1) is 11.3 Å². The number of nitrogen functional groups attached to an aromatic ring is 1. The van der Waals surface area contributed by atoms with Crippen molar-refractivity contribution in [2.45, 2.75) is 5.92 Å². The van der Waals surface area contributed by atoms with Crippen LogP contribution in [0.3, 0.4) is 0 Å². The zero-order valence-corrected chi connectivity index (χ0v) is 16.3. The zero-order valence-electron chi connectivity index (χ0n) is 14.5. The van der Waals surface area contributed by atoms with Gasteiger partial charge in [0.05, 0.1) is 24.6 Å². The Labute approximate surface area is 163 Å². The summed E-state index contributed by atoms with van der Waals surface area (Å²) in [7, 11) is 0.124. The van der Waals surface area contributed by atoms with Gasteiger partial charge in [-0.25, -0.2) is 0 Å². The molecule has 4 rings (SSSR count). The Morgan fingerprint density at radius 3 is 2.59 bits per heavy atom. The third-order valence-corrected chi connectivity index (χ3v) is 5.93. The van der Waals surface area contributed by atoms with Gasteiger partial charge in [-0.2, -0.15) is 0 Å². The van der Waals surface area contributed by atoms with Crippen molar-refractivity contribution in [1.29, 1.82) is 0 Å². The highest BCUT2D eigenvalue weighted by Crippen LogP contribution is 2.31. The summed E-state index contributed by atoms with van der Waals surface area (Å²) in [6, 6.07) is 17.3. The first-order chi connectivity index (χ1) is 13.2. The van der Waals surface area contributed by atoms with Gasteiger partial charge in [0.1, 0.15) is 0 Å². The summed E-state index contributed by atoms with van der Waals surface area (Å²) in [5.41, 5.74) is 9.93. The number of hydrogen-bond donors (Lipinski definition) is 2. The van der Waals surface area contributed by atoms with Crippen LogP contribution in [0.4, 0.5) is 11.4 Å². The summed E-state index contributed by atoms with van der Waals surface area (Å²) in [4.78, 5) is 13.8. The van der Waals surface area contributed by atoms with Crippen LogP contribution in [-0.4, -0.2) is 19.1 Å². The minimum absolute atomic E-state index is 0.124. The van der Waals surface area contributed by atoms with Crippen LogP contribution in [0.25, 0.3) is 10.4 Å². The van der Waals surface area contributed by atoms with Crippen LogP contribution in [0, 0.1) is 0 Å². The summed E-state index contributed by atoms with van der Waals surface area (Å²) in [5.74, 6) is 0.0238. The Morgan fingerprint density at radius 2 is 1.89 bits per heavy atom. The fourth-order valence-corrected chi connectivity index (χ4v) is 4.26.